The highest BCUT2D eigenvalue weighted by Crippen LogP contribution is 2.16. The Kier molecular flexibility index (Phi) is 2.97. The molecule has 4 nitrogen and oxygen atoms in total. The third-order valence-electron chi connectivity index (χ3n) is 1.80. The van der Waals surface area contributed by atoms with Gasteiger partial charge in [-0.3, -0.25) is 4.79 Å². The molecule has 76 valence electrons. The number of halogens is 2. The third kappa shape index (κ3) is 2.22. The lowest BCUT2D eigenvalue weighted by Crippen LogP contribution is -2.42. The molecule has 0 radical (unpaired) electrons. The van der Waals surface area contributed by atoms with Gasteiger partial charge in [-0.2, -0.15) is 13.1 Å². The Labute approximate surface area is 74.6 Å². The largest absolute Gasteiger partial charge is 0.350 e. The van der Waals surface area contributed by atoms with E-state index in [1.165, 1.54) is 0 Å². The molecule has 0 aromatic rings. The van der Waals surface area contributed by atoms with Crippen LogP contribution < -0.4 is 0 Å². The van der Waals surface area contributed by atoms with Gasteiger partial charge in [0.05, 0.1) is 6.54 Å². The fraction of sp³-hybridized carbons (Fsp3) is 0.833. The second-order valence-electron chi connectivity index (χ2n) is 2.78. The predicted octanol–water partition coefficient (Wildman–Crippen LogP) is 0.204. The van der Waals surface area contributed by atoms with Crippen LogP contribution in [0.4, 0.5) is 8.78 Å². The van der Waals surface area contributed by atoms with Crippen LogP contribution in [-0.2, 0) is 14.8 Å². The molecule has 0 bridgehead atoms. The first-order valence-electron chi connectivity index (χ1n) is 3.73. The molecule has 0 N–H and O–H groups in total. The van der Waals surface area contributed by atoms with E-state index in [-0.39, 0.29) is 18.7 Å². The number of rotatable bonds is 2. The summed E-state index contributed by atoms with van der Waals surface area (Å²) in [6.07, 6.45) is 0.597. The van der Waals surface area contributed by atoms with E-state index >= 15 is 0 Å². The summed E-state index contributed by atoms with van der Waals surface area (Å²) in [5, 5.41) is 0. The first-order chi connectivity index (χ1) is 5.94. The van der Waals surface area contributed by atoms with Crippen LogP contribution in [0.15, 0.2) is 0 Å². The molecule has 0 aromatic carbocycles. The van der Waals surface area contributed by atoms with Crippen LogP contribution in [0, 0.1) is 0 Å². The summed E-state index contributed by atoms with van der Waals surface area (Å²) in [4.78, 5) is 10.8. The molecule has 0 atom stereocenters. The number of nitrogens with zero attached hydrogens (tertiary/aromatic N) is 1. The Morgan fingerprint density at radius 1 is 1.38 bits per heavy atom. The van der Waals surface area contributed by atoms with Gasteiger partial charge in [-0.25, -0.2) is 8.42 Å². The number of piperidine rings is 1. The molecule has 1 aliphatic rings. The lowest BCUT2D eigenvalue weighted by Gasteiger charge is -2.24. The monoisotopic (exact) mass is 213 g/mol. The summed E-state index contributed by atoms with van der Waals surface area (Å²) < 4.78 is 46.2. The molecule has 1 rings (SSSR count). The maximum Gasteiger partial charge on any atom is 0.350 e. The molecule has 0 unspecified atom stereocenters. The number of sulfonamides is 1. The van der Waals surface area contributed by atoms with Gasteiger partial charge in [-0.15, -0.1) is 0 Å². The molecule has 1 fully saturated rings. The van der Waals surface area contributed by atoms with Crippen molar-refractivity contribution in [2.75, 3.05) is 13.1 Å². The molecule has 0 saturated carbocycles. The van der Waals surface area contributed by atoms with Gasteiger partial charge in [0.2, 0.25) is 0 Å². The van der Waals surface area contributed by atoms with Gasteiger partial charge in [0.15, 0.2) is 0 Å². The summed E-state index contributed by atoms with van der Waals surface area (Å²) >= 11 is 0. The maximum atomic E-state index is 12.0. The van der Waals surface area contributed by atoms with Crippen LogP contribution in [0.2, 0.25) is 0 Å². The van der Waals surface area contributed by atoms with Crippen LogP contribution in [0.5, 0.6) is 0 Å². The summed E-state index contributed by atoms with van der Waals surface area (Å²) in [7, 11) is -4.55. The zero-order chi connectivity index (χ0) is 10.1. The number of alkyl halides is 2. The van der Waals surface area contributed by atoms with Crippen molar-refractivity contribution in [1.29, 1.82) is 0 Å². The van der Waals surface area contributed by atoms with Crippen molar-refractivity contribution in [1.82, 2.24) is 4.31 Å². The van der Waals surface area contributed by atoms with Gasteiger partial charge in [-0.1, -0.05) is 0 Å². The standard InChI is InChI=1S/C6H9F2NO3S/c7-6(8)13(11,12)9-3-1-2-5(10)4-9/h6H,1-4H2. The normalized spacial score (nSPS) is 21.0. The minimum Gasteiger partial charge on any atom is -0.298 e. The van der Waals surface area contributed by atoms with E-state index in [9.17, 15) is 22.0 Å². The first kappa shape index (κ1) is 10.5. The Balaban J connectivity index is 2.77. The first-order valence-corrected chi connectivity index (χ1v) is 5.23. The molecule has 0 amide bonds. The van der Waals surface area contributed by atoms with Crippen molar-refractivity contribution < 1.29 is 22.0 Å². The Hall–Kier alpha value is -0.560. The third-order valence-corrected chi connectivity index (χ3v) is 3.28. The second kappa shape index (κ2) is 3.67. The fourth-order valence-corrected chi connectivity index (χ4v) is 2.07. The predicted molar refractivity (Wildman–Crippen MR) is 40.7 cm³/mol. The van der Waals surface area contributed by atoms with E-state index < -0.39 is 22.3 Å². The van der Waals surface area contributed by atoms with Crippen molar-refractivity contribution >= 4 is 15.8 Å². The Bertz CT molecular complexity index is 301. The molecule has 1 aliphatic heterocycles. The van der Waals surface area contributed by atoms with E-state index in [1.807, 2.05) is 0 Å². The van der Waals surface area contributed by atoms with E-state index in [2.05, 4.69) is 0 Å². The molecule has 1 heterocycles. The van der Waals surface area contributed by atoms with Crippen LogP contribution in [-0.4, -0.2) is 37.4 Å². The van der Waals surface area contributed by atoms with Crippen LogP contribution >= 0.6 is 0 Å². The second-order valence-corrected chi connectivity index (χ2v) is 4.68. The van der Waals surface area contributed by atoms with E-state index in [1.54, 1.807) is 0 Å². The number of hydrogen-bond acceptors (Lipinski definition) is 3. The Morgan fingerprint density at radius 2 is 2.00 bits per heavy atom. The highest BCUT2D eigenvalue weighted by molar-refractivity contribution is 7.89. The molecule has 13 heavy (non-hydrogen) atoms. The maximum absolute atomic E-state index is 12.0. The number of carbonyl (C=O) groups excluding carboxylic acids is 1. The van der Waals surface area contributed by atoms with Crippen molar-refractivity contribution in [2.45, 2.75) is 18.6 Å². The molecular formula is C6H9F2NO3S. The summed E-state index contributed by atoms with van der Waals surface area (Å²) in [5.41, 5.74) is 0. The smallest absolute Gasteiger partial charge is 0.298 e. The highest BCUT2D eigenvalue weighted by atomic mass is 32.2. The van der Waals surface area contributed by atoms with Gasteiger partial charge in [0, 0.05) is 13.0 Å². The quantitative estimate of drug-likeness (QED) is 0.658. The zero-order valence-corrected chi connectivity index (χ0v) is 7.56. The minimum absolute atomic E-state index is 0.0123. The zero-order valence-electron chi connectivity index (χ0n) is 6.74. The van der Waals surface area contributed by atoms with Gasteiger partial charge >= 0.3 is 5.76 Å². The molecule has 0 spiro atoms. The topological polar surface area (TPSA) is 54.5 Å². The lowest BCUT2D eigenvalue weighted by molar-refractivity contribution is -0.120. The number of hydrogen-bond donors (Lipinski definition) is 0. The van der Waals surface area contributed by atoms with E-state index in [0.717, 1.165) is 0 Å². The average Bonchev–Trinajstić information content (AvgIpc) is 2.04. The number of carbonyl (C=O) groups is 1. The number of ketones is 1. The molecule has 0 aliphatic carbocycles. The number of Topliss-reactive ketones (excluding diaryl/α,β-unsaturated/α-hetero) is 1. The SMILES string of the molecule is O=C1CCCN(S(=O)(=O)C(F)F)C1. The lowest BCUT2D eigenvalue weighted by atomic mass is 10.1. The van der Waals surface area contributed by atoms with Gasteiger partial charge in [-0.05, 0) is 6.42 Å². The average molecular weight is 213 g/mol. The van der Waals surface area contributed by atoms with Gasteiger partial charge in [0.1, 0.15) is 5.78 Å². The summed E-state index contributed by atoms with van der Waals surface area (Å²) in [5.74, 6) is -3.74. The van der Waals surface area contributed by atoms with Crippen molar-refractivity contribution in [3.05, 3.63) is 0 Å². The molecule has 7 heteroatoms. The minimum atomic E-state index is -4.55. The summed E-state index contributed by atoms with van der Waals surface area (Å²) in [6, 6.07) is 0. The van der Waals surface area contributed by atoms with Crippen LogP contribution in [0.25, 0.3) is 0 Å². The van der Waals surface area contributed by atoms with Crippen LogP contribution in [0.1, 0.15) is 12.8 Å². The molecule has 1 saturated heterocycles. The molecular weight excluding hydrogens is 204 g/mol. The fourth-order valence-electron chi connectivity index (χ4n) is 1.14. The van der Waals surface area contributed by atoms with E-state index in [0.29, 0.717) is 10.7 Å². The van der Waals surface area contributed by atoms with Crippen molar-refractivity contribution in [2.24, 2.45) is 0 Å². The van der Waals surface area contributed by atoms with Crippen molar-refractivity contribution in [3.63, 3.8) is 0 Å². The van der Waals surface area contributed by atoms with Gasteiger partial charge < -0.3 is 0 Å². The van der Waals surface area contributed by atoms with E-state index in [4.69, 9.17) is 0 Å². The highest BCUT2D eigenvalue weighted by Gasteiger charge is 2.34. The van der Waals surface area contributed by atoms with Gasteiger partial charge in [0.25, 0.3) is 10.0 Å². The van der Waals surface area contributed by atoms with Crippen molar-refractivity contribution in [3.8, 4) is 0 Å². The van der Waals surface area contributed by atoms with Crippen LogP contribution in [0.3, 0.4) is 0 Å². The Morgan fingerprint density at radius 3 is 2.46 bits per heavy atom. The molecule has 0 aromatic heterocycles. The summed E-state index contributed by atoms with van der Waals surface area (Å²) in [6.45, 7) is -0.398.